The largest absolute Gasteiger partial charge is 0.286 e. The Kier molecular flexibility index (Phi) is 5.05. The second-order valence-corrected chi connectivity index (χ2v) is 4.55. The standard InChI is InChI=1S/C7H8S.CH4O3S/c1-6-2-4-7(8)5-3-6;1-5(2,3)4/h2-5,8H,1H3;1H3,(H,2,3,4). The topological polar surface area (TPSA) is 54.4 Å². The summed E-state index contributed by atoms with van der Waals surface area (Å²) in [5.41, 5.74) is 1.28. The average Bonchev–Trinajstić information content (AvgIpc) is 1.92. The van der Waals surface area contributed by atoms with Gasteiger partial charge >= 0.3 is 0 Å². The van der Waals surface area contributed by atoms with Crippen molar-refractivity contribution in [2.75, 3.05) is 6.26 Å². The average molecular weight is 220 g/mol. The molecule has 3 nitrogen and oxygen atoms in total. The zero-order valence-electron chi connectivity index (χ0n) is 7.43. The van der Waals surface area contributed by atoms with Crippen LogP contribution in [0.5, 0.6) is 0 Å². The lowest BCUT2D eigenvalue weighted by atomic mass is 10.2. The van der Waals surface area contributed by atoms with Crippen molar-refractivity contribution < 1.29 is 13.0 Å². The van der Waals surface area contributed by atoms with Gasteiger partial charge in [-0.2, -0.15) is 8.42 Å². The lowest BCUT2D eigenvalue weighted by Crippen LogP contribution is -1.88. The fraction of sp³-hybridized carbons (Fsp3) is 0.250. The Balaban J connectivity index is 0.000000252. The Labute approximate surface area is 84.0 Å². The van der Waals surface area contributed by atoms with Crippen LogP contribution in [0.3, 0.4) is 0 Å². The van der Waals surface area contributed by atoms with Gasteiger partial charge in [0.1, 0.15) is 0 Å². The molecule has 0 fully saturated rings. The minimum atomic E-state index is -3.67. The summed E-state index contributed by atoms with van der Waals surface area (Å²) >= 11 is 4.13. The molecule has 5 heteroatoms. The van der Waals surface area contributed by atoms with Gasteiger partial charge in [0.2, 0.25) is 0 Å². The summed E-state index contributed by atoms with van der Waals surface area (Å²) in [5.74, 6) is 0. The molecule has 0 spiro atoms. The van der Waals surface area contributed by atoms with Crippen LogP contribution < -0.4 is 0 Å². The molecule has 0 aliphatic rings. The molecule has 0 aromatic heterocycles. The molecule has 13 heavy (non-hydrogen) atoms. The molecule has 0 aliphatic heterocycles. The molecule has 0 amide bonds. The van der Waals surface area contributed by atoms with Gasteiger partial charge in [0, 0.05) is 4.90 Å². The van der Waals surface area contributed by atoms with E-state index in [1.54, 1.807) is 0 Å². The van der Waals surface area contributed by atoms with E-state index < -0.39 is 10.1 Å². The highest BCUT2D eigenvalue weighted by molar-refractivity contribution is 7.85. The third kappa shape index (κ3) is 11.5. The summed E-state index contributed by atoms with van der Waals surface area (Å²) in [6.45, 7) is 2.06. The van der Waals surface area contributed by atoms with E-state index in [2.05, 4.69) is 19.6 Å². The maximum Gasteiger partial charge on any atom is 0.261 e. The van der Waals surface area contributed by atoms with Crippen molar-refractivity contribution in [3.05, 3.63) is 29.8 Å². The summed E-state index contributed by atoms with van der Waals surface area (Å²) < 4.78 is 25.9. The van der Waals surface area contributed by atoms with E-state index in [0.29, 0.717) is 6.26 Å². The summed E-state index contributed by atoms with van der Waals surface area (Å²) in [5, 5.41) is 0. The number of aryl methyl sites for hydroxylation is 1. The van der Waals surface area contributed by atoms with Gasteiger partial charge in [-0.15, -0.1) is 12.6 Å². The normalized spacial score (nSPS) is 10.2. The Morgan fingerprint density at radius 3 is 1.77 bits per heavy atom. The summed E-state index contributed by atoms with van der Waals surface area (Å²) in [4.78, 5) is 1.02. The molecule has 0 saturated heterocycles. The first kappa shape index (κ1) is 12.5. The summed E-state index contributed by atoms with van der Waals surface area (Å²) in [6.07, 6.45) is 0.715. The van der Waals surface area contributed by atoms with Crippen LogP contribution >= 0.6 is 12.6 Å². The van der Waals surface area contributed by atoms with E-state index in [1.165, 1.54) is 5.56 Å². The molecule has 0 aliphatic carbocycles. The summed E-state index contributed by atoms with van der Waals surface area (Å²) in [6, 6.07) is 8.06. The van der Waals surface area contributed by atoms with Gasteiger partial charge in [0.25, 0.3) is 10.1 Å². The number of benzene rings is 1. The van der Waals surface area contributed by atoms with Gasteiger partial charge in [-0.05, 0) is 19.1 Å². The third-order valence-electron chi connectivity index (χ3n) is 1.03. The van der Waals surface area contributed by atoms with Crippen LogP contribution in [0.25, 0.3) is 0 Å². The highest BCUT2D eigenvalue weighted by atomic mass is 32.2. The molecule has 1 aromatic rings. The Morgan fingerprint density at radius 2 is 1.54 bits per heavy atom. The van der Waals surface area contributed by atoms with Crippen molar-refractivity contribution in [3.63, 3.8) is 0 Å². The van der Waals surface area contributed by atoms with Gasteiger partial charge in [-0.3, -0.25) is 4.55 Å². The fourth-order valence-corrected chi connectivity index (χ4v) is 0.694. The second kappa shape index (κ2) is 5.26. The molecule has 1 N–H and O–H groups in total. The minimum absolute atomic E-state index is 0.715. The second-order valence-electron chi connectivity index (χ2n) is 2.57. The monoisotopic (exact) mass is 220 g/mol. The lowest BCUT2D eigenvalue weighted by molar-refractivity contribution is 0.490. The zero-order chi connectivity index (χ0) is 10.5. The number of hydrogen-bond donors (Lipinski definition) is 2. The van der Waals surface area contributed by atoms with Crippen LogP contribution in [0.2, 0.25) is 0 Å². The first-order valence-electron chi connectivity index (χ1n) is 3.47. The fourth-order valence-electron chi connectivity index (χ4n) is 0.545. The first-order valence-corrected chi connectivity index (χ1v) is 5.76. The first-order chi connectivity index (χ1) is 5.79. The Hall–Kier alpha value is -0.520. The molecular weight excluding hydrogens is 208 g/mol. The van der Waals surface area contributed by atoms with Crippen LogP contribution in [0.1, 0.15) is 5.56 Å². The maximum absolute atomic E-state index is 9.19. The van der Waals surface area contributed by atoms with Crippen molar-refractivity contribution in [3.8, 4) is 0 Å². The van der Waals surface area contributed by atoms with Crippen molar-refractivity contribution >= 4 is 22.7 Å². The van der Waals surface area contributed by atoms with E-state index in [0.717, 1.165) is 4.90 Å². The van der Waals surface area contributed by atoms with Crippen molar-refractivity contribution in [2.24, 2.45) is 0 Å². The lowest BCUT2D eigenvalue weighted by Gasteiger charge is -1.89. The zero-order valence-corrected chi connectivity index (χ0v) is 9.14. The van der Waals surface area contributed by atoms with Crippen molar-refractivity contribution in [2.45, 2.75) is 11.8 Å². The van der Waals surface area contributed by atoms with Crippen molar-refractivity contribution in [1.29, 1.82) is 0 Å². The molecule has 0 atom stereocenters. The molecule has 1 rings (SSSR count). The van der Waals surface area contributed by atoms with Crippen LogP contribution in [0, 0.1) is 6.92 Å². The highest BCUT2D eigenvalue weighted by Crippen LogP contribution is 2.05. The molecule has 0 radical (unpaired) electrons. The molecule has 1 aromatic carbocycles. The van der Waals surface area contributed by atoms with E-state index in [1.807, 2.05) is 24.3 Å². The number of thiol groups is 1. The smallest absolute Gasteiger partial charge is 0.261 e. The van der Waals surface area contributed by atoms with Crippen molar-refractivity contribution in [1.82, 2.24) is 0 Å². The quantitative estimate of drug-likeness (QED) is 0.517. The number of hydrogen-bond acceptors (Lipinski definition) is 3. The predicted octanol–water partition coefficient (Wildman–Crippen LogP) is 1.79. The molecule has 74 valence electrons. The molecular formula is C8H12O3S2. The maximum atomic E-state index is 9.19. The van der Waals surface area contributed by atoms with Gasteiger partial charge in [-0.25, -0.2) is 0 Å². The van der Waals surface area contributed by atoms with E-state index >= 15 is 0 Å². The van der Waals surface area contributed by atoms with Gasteiger partial charge < -0.3 is 0 Å². The molecule has 0 unspecified atom stereocenters. The van der Waals surface area contributed by atoms with E-state index in [-0.39, 0.29) is 0 Å². The number of rotatable bonds is 0. The third-order valence-corrected chi connectivity index (χ3v) is 1.33. The Morgan fingerprint density at radius 1 is 1.23 bits per heavy atom. The molecule has 0 saturated carbocycles. The van der Waals surface area contributed by atoms with Gasteiger partial charge in [0.05, 0.1) is 6.26 Å². The Bertz CT molecular complexity index is 311. The predicted molar refractivity (Wildman–Crippen MR) is 55.9 cm³/mol. The SMILES string of the molecule is CS(=O)(=O)O.Cc1ccc(S)cc1. The van der Waals surface area contributed by atoms with Gasteiger partial charge in [0.15, 0.2) is 0 Å². The molecule has 0 heterocycles. The van der Waals surface area contributed by atoms with E-state index in [9.17, 15) is 8.42 Å². The van der Waals surface area contributed by atoms with E-state index in [4.69, 9.17) is 4.55 Å². The van der Waals surface area contributed by atoms with Crippen LogP contribution in [0.15, 0.2) is 29.2 Å². The highest BCUT2D eigenvalue weighted by Gasteiger charge is 1.81. The van der Waals surface area contributed by atoms with Gasteiger partial charge in [-0.1, -0.05) is 17.7 Å². The van der Waals surface area contributed by atoms with Crippen LogP contribution in [-0.2, 0) is 10.1 Å². The van der Waals surface area contributed by atoms with Crippen LogP contribution in [0.4, 0.5) is 0 Å². The van der Waals surface area contributed by atoms with Crippen LogP contribution in [-0.4, -0.2) is 19.2 Å². The summed E-state index contributed by atoms with van der Waals surface area (Å²) in [7, 11) is -3.67. The minimum Gasteiger partial charge on any atom is -0.286 e. The molecule has 0 bridgehead atoms.